The molecule has 0 aliphatic carbocycles. The van der Waals surface area contributed by atoms with Crippen molar-refractivity contribution in [2.45, 2.75) is 19.8 Å². The standard InChI is InChI=1S/C7H12O5Si/c1-4-7(12-13,10-5(2)8)11-6(3)9/h4H,1H2,2-3,13H3. The van der Waals surface area contributed by atoms with E-state index in [1.165, 1.54) is 13.8 Å². The van der Waals surface area contributed by atoms with Crippen LogP contribution in [0.5, 0.6) is 0 Å². The fourth-order valence-electron chi connectivity index (χ4n) is 0.672. The second-order valence-corrected chi connectivity index (χ2v) is 2.61. The lowest BCUT2D eigenvalue weighted by Gasteiger charge is -2.26. The van der Waals surface area contributed by atoms with Gasteiger partial charge in [-0.15, -0.1) is 0 Å². The van der Waals surface area contributed by atoms with Crippen molar-refractivity contribution in [1.82, 2.24) is 0 Å². The van der Waals surface area contributed by atoms with E-state index in [1.54, 1.807) is 0 Å². The van der Waals surface area contributed by atoms with E-state index >= 15 is 0 Å². The normalized spacial score (nSPS) is 10.6. The largest absolute Gasteiger partial charge is 0.395 e. The minimum absolute atomic E-state index is 0.241. The number of carbonyl (C=O) groups is 2. The lowest BCUT2D eigenvalue weighted by atomic mass is 10.5. The molecular formula is C7H12O5Si. The second-order valence-electron chi connectivity index (χ2n) is 2.20. The Kier molecular flexibility index (Phi) is 4.36. The van der Waals surface area contributed by atoms with E-state index in [0.717, 1.165) is 6.08 Å². The highest BCUT2D eigenvalue weighted by Crippen LogP contribution is 2.15. The molecule has 0 aliphatic rings. The van der Waals surface area contributed by atoms with Crippen LogP contribution in [0.4, 0.5) is 0 Å². The Morgan fingerprint density at radius 3 is 1.85 bits per heavy atom. The molecule has 5 nitrogen and oxygen atoms in total. The number of rotatable bonds is 4. The van der Waals surface area contributed by atoms with E-state index in [-0.39, 0.29) is 10.5 Å². The molecule has 0 fully saturated rings. The predicted octanol–water partition coefficient (Wildman–Crippen LogP) is -0.751. The van der Waals surface area contributed by atoms with E-state index < -0.39 is 17.9 Å². The molecule has 0 rings (SSSR count). The van der Waals surface area contributed by atoms with Gasteiger partial charge in [-0.05, 0) is 0 Å². The Morgan fingerprint density at radius 1 is 1.31 bits per heavy atom. The van der Waals surface area contributed by atoms with Crippen molar-refractivity contribution in [1.29, 1.82) is 0 Å². The Balaban J connectivity index is 4.58. The summed E-state index contributed by atoms with van der Waals surface area (Å²) in [7, 11) is 0.241. The summed E-state index contributed by atoms with van der Waals surface area (Å²) < 4.78 is 14.2. The molecule has 0 atom stereocenters. The molecule has 0 amide bonds. The molecule has 0 heterocycles. The van der Waals surface area contributed by atoms with Crippen molar-refractivity contribution >= 4 is 22.4 Å². The fourth-order valence-corrected chi connectivity index (χ4v) is 1.00. The predicted molar refractivity (Wildman–Crippen MR) is 47.5 cm³/mol. The molecule has 0 spiro atoms. The molecule has 0 saturated heterocycles. The van der Waals surface area contributed by atoms with Gasteiger partial charge in [-0.3, -0.25) is 9.59 Å². The third kappa shape index (κ3) is 3.86. The van der Waals surface area contributed by atoms with Gasteiger partial charge in [-0.2, -0.15) is 0 Å². The topological polar surface area (TPSA) is 61.8 Å². The Morgan fingerprint density at radius 2 is 1.69 bits per heavy atom. The van der Waals surface area contributed by atoms with Crippen molar-refractivity contribution < 1.29 is 23.5 Å². The zero-order valence-electron chi connectivity index (χ0n) is 7.83. The van der Waals surface area contributed by atoms with Crippen molar-refractivity contribution in [2.75, 3.05) is 0 Å². The van der Waals surface area contributed by atoms with Gasteiger partial charge in [0.15, 0.2) is 10.5 Å². The zero-order valence-corrected chi connectivity index (χ0v) is 9.83. The van der Waals surface area contributed by atoms with Crippen LogP contribution in [-0.2, 0) is 23.5 Å². The van der Waals surface area contributed by atoms with Gasteiger partial charge in [-0.1, -0.05) is 6.58 Å². The van der Waals surface area contributed by atoms with Gasteiger partial charge >= 0.3 is 17.9 Å². The molecular weight excluding hydrogens is 192 g/mol. The molecule has 74 valence electrons. The Hall–Kier alpha value is -1.14. The number of carbonyl (C=O) groups excluding carboxylic acids is 2. The number of hydrogen-bond acceptors (Lipinski definition) is 5. The minimum Gasteiger partial charge on any atom is -0.395 e. The molecule has 0 bridgehead atoms. The average molecular weight is 204 g/mol. The van der Waals surface area contributed by atoms with E-state index in [4.69, 9.17) is 4.43 Å². The highest BCUT2D eigenvalue weighted by Gasteiger charge is 2.33. The number of ether oxygens (including phenoxy) is 2. The van der Waals surface area contributed by atoms with Crippen LogP contribution in [0.1, 0.15) is 13.8 Å². The third-order valence-corrected chi connectivity index (χ3v) is 1.68. The van der Waals surface area contributed by atoms with Gasteiger partial charge in [0.05, 0.1) is 0 Å². The third-order valence-electron chi connectivity index (χ3n) is 1.11. The average Bonchev–Trinajstić information content (AvgIpc) is 2.01. The summed E-state index contributed by atoms with van der Waals surface area (Å²) in [6.07, 6.45) is 1.11. The molecule has 0 N–H and O–H groups in total. The van der Waals surface area contributed by atoms with Crippen LogP contribution in [0.3, 0.4) is 0 Å². The minimum atomic E-state index is -1.75. The van der Waals surface area contributed by atoms with Crippen molar-refractivity contribution in [3.8, 4) is 0 Å². The van der Waals surface area contributed by atoms with Gasteiger partial charge in [0.1, 0.15) is 0 Å². The maximum atomic E-state index is 10.6. The van der Waals surface area contributed by atoms with Gasteiger partial charge < -0.3 is 13.9 Å². The summed E-state index contributed by atoms with van der Waals surface area (Å²) in [4.78, 5) is 21.3. The first-order chi connectivity index (χ1) is 5.95. The monoisotopic (exact) mass is 204 g/mol. The molecule has 0 aromatic heterocycles. The summed E-state index contributed by atoms with van der Waals surface area (Å²) in [5, 5.41) is 0. The van der Waals surface area contributed by atoms with E-state index in [0.29, 0.717) is 0 Å². The highest BCUT2D eigenvalue weighted by atomic mass is 28.2. The molecule has 0 aromatic rings. The maximum absolute atomic E-state index is 10.6. The van der Waals surface area contributed by atoms with Crippen LogP contribution in [0.2, 0.25) is 0 Å². The molecule has 13 heavy (non-hydrogen) atoms. The quantitative estimate of drug-likeness (QED) is 0.261. The van der Waals surface area contributed by atoms with Gasteiger partial charge in [0.25, 0.3) is 0 Å². The Labute approximate surface area is 79.2 Å². The molecule has 0 unspecified atom stereocenters. The lowest BCUT2D eigenvalue weighted by molar-refractivity contribution is -0.279. The van der Waals surface area contributed by atoms with Crippen LogP contribution in [0, 0.1) is 0 Å². The fraction of sp³-hybridized carbons (Fsp3) is 0.429. The van der Waals surface area contributed by atoms with Crippen molar-refractivity contribution in [3.63, 3.8) is 0 Å². The molecule has 0 aromatic carbocycles. The zero-order chi connectivity index (χ0) is 10.5. The summed E-state index contributed by atoms with van der Waals surface area (Å²) in [6, 6.07) is 0. The lowest BCUT2D eigenvalue weighted by Crippen LogP contribution is -2.39. The highest BCUT2D eigenvalue weighted by molar-refractivity contribution is 5.98. The van der Waals surface area contributed by atoms with Crippen molar-refractivity contribution in [2.24, 2.45) is 0 Å². The summed E-state index contributed by atoms with van der Waals surface area (Å²) in [6.45, 7) is 5.72. The Bertz CT molecular complexity index is 209. The first kappa shape index (κ1) is 11.9. The van der Waals surface area contributed by atoms with E-state index in [1.807, 2.05) is 0 Å². The molecule has 6 heteroatoms. The van der Waals surface area contributed by atoms with Gasteiger partial charge in [0, 0.05) is 19.9 Å². The van der Waals surface area contributed by atoms with E-state index in [9.17, 15) is 9.59 Å². The molecule has 0 radical (unpaired) electrons. The number of hydrogen-bond donors (Lipinski definition) is 0. The summed E-state index contributed by atoms with van der Waals surface area (Å²) >= 11 is 0. The summed E-state index contributed by atoms with van der Waals surface area (Å²) in [5.41, 5.74) is 0. The van der Waals surface area contributed by atoms with Crippen LogP contribution < -0.4 is 0 Å². The molecule has 0 saturated carbocycles. The molecule has 0 aliphatic heterocycles. The van der Waals surface area contributed by atoms with Crippen LogP contribution in [0.15, 0.2) is 12.7 Å². The first-order valence-corrected chi connectivity index (χ1v) is 4.35. The van der Waals surface area contributed by atoms with Crippen LogP contribution in [-0.4, -0.2) is 28.4 Å². The second kappa shape index (κ2) is 4.78. The van der Waals surface area contributed by atoms with Crippen LogP contribution >= 0.6 is 0 Å². The van der Waals surface area contributed by atoms with Gasteiger partial charge in [-0.25, -0.2) is 0 Å². The first-order valence-electron chi connectivity index (χ1n) is 3.53. The maximum Gasteiger partial charge on any atom is 0.387 e. The van der Waals surface area contributed by atoms with Crippen molar-refractivity contribution in [3.05, 3.63) is 12.7 Å². The van der Waals surface area contributed by atoms with E-state index in [2.05, 4.69) is 16.1 Å². The summed E-state index contributed by atoms with van der Waals surface area (Å²) in [5.74, 6) is -2.97. The van der Waals surface area contributed by atoms with Crippen LogP contribution in [0.25, 0.3) is 0 Å². The van der Waals surface area contributed by atoms with Gasteiger partial charge in [0.2, 0.25) is 0 Å². The smallest absolute Gasteiger partial charge is 0.387 e. The SMILES string of the molecule is C=CC(O[SiH3])(OC(C)=O)OC(C)=O. The number of esters is 2.